The Morgan fingerprint density at radius 3 is 2.20 bits per heavy atom. The van der Waals surface area contributed by atoms with E-state index < -0.39 is 6.04 Å². The second kappa shape index (κ2) is 8.17. The van der Waals surface area contributed by atoms with Crippen LogP contribution in [0.5, 0.6) is 0 Å². The van der Waals surface area contributed by atoms with Crippen molar-refractivity contribution in [1.82, 2.24) is 10.6 Å². The van der Waals surface area contributed by atoms with Crippen LogP contribution in [0.2, 0.25) is 5.02 Å². The van der Waals surface area contributed by atoms with E-state index in [1.54, 1.807) is 24.3 Å². The van der Waals surface area contributed by atoms with Gasteiger partial charge in [-0.1, -0.05) is 54.1 Å². The number of halogens is 1. The molecule has 0 spiro atoms. The number of carbonyl (C=O) groups excluding carboxylic acids is 2. The summed E-state index contributed by atoms with van der Waals surface area (Å²) in [7, 11) is 0. The monoisotopic (exact) mass is 358 g/mol. The highest BCUT2D eigenvalue weighted by molar-refractivity contribution is 6.33. The molecule has 0 fully saturated rings. The van der Waals surface area contributed by atoms with Gasteiger partial charge in [-0.2, -0.15) is 0 Å². The predicted molar refractivity (Wildman–Crippen MR) is 101 cm³/mol. The number of nitrogens with one attached hydrogen (secondary N) is 2. The number of benzene rings is 2. The van der Waals surface area contributed by atoms with Crippen molar-refractivity contribution in [2.75, 3.05) is 0 Å². The number of amides is 2. The smallest absolute Gasteiger partial charge is 0.253 e. The molecule has 0 aliphatic rings. The van der Waals surface area contributed by atoms with Gasteiger partial charge in [0.25, 0.3) is 5.91 Å². The summed E-state index contributed by atoms with van der Waals surface area (Å²) in [5.74, 6) is -0.427. The van der Waals surface area contributed by atoms with Crippen molar-refractivity contribution in [3.63, 3.8) is 0 Å². The first-order valence-corrected chi connectivity index (χ1v) is 8.55. The van der Waals surface area contributed by atoms with Gasteiger partial charge in [0.05, 0.1) is 23.0 Å². The van der Waals surface area contributed by atoms with E-state index in [4.69, 9.17) is 11.6 Å². The average Bonchev–Trinajstić information content (AvgIpc) is 2.53. The van der Waals surface area contributed by atoms with Crippen LogP contribution < -0.4 is 10.6 Å². The molecule has 0 saturated carbocycles. The molecule has 0 aliphatic heterocycles. The molecular weight excluding hydrogens is 336 g/mol. The summed E-state index contributed by atoms with van der Waals surface area (Å²) >= 11 is 6.10. The average molecular weight is 359 g/mol. The molecule has 0 bridgehead atoms. The van der Waals surface area contributed by atoms with Crippen LogP contribution in [0.1, 0.15) is 49.2 Å². The van der Waals surface area contributed by atoms with E-state index in [-0.39, 0.29) is 23.8 Å². The van der Waals surface area contributed by atoms with Crippen molar-refractivity contribution in [1.29, 1.82) is 0 Å². The van der Waals surface area contributed by atoms with Gasteiger partial charge < -0.3 is 10.6 Å². The maximum absolute atomic E-state index is 12.6. The third-order valence-electron chi connectivity index (χ3n) is 3.53. The second-order valence-corrected chi connectivity index (χ2v) is 7.33. The van der Waals surface area contributed by atoms with Gasteiger partial charge in [-0.25, -0.2) is 0 Å². The SMILES string of the molecule is CC(C)(C)NC(=O)CC(NC(=O)c1ccccc1Cl)c1ccccc1. The second-order valence-electron chi connectivity index (χ2n) is 6.92. The van der Waals surface area contributed by atoms with Crippen LogP contribution in [-0.2, 0) is 4.79 Å². The Bertz CT molecular complexity index is 739. The Hall–Kier alpha value is -2.33. The van der Waals surface area contributed by atoms with E-state index >= 15 is 0 Å². The summed E-state index contributed by atoms with van der Waals surface area (Å²) in [5.41, 5.74) is 0.929. The van der Waals surface area contributed by atoms with Gasteiger partial charge in [0, 0.05) is 5.54 Å². The molecule has 0 aliphatic carbocycles. The Morgan fingerprint density at radius 2 is 1.60 bits per heavy atom. The molecule has 1 atom stereocenters. The van der Waals surface area contributed by atoms with E-state index in [1.807, 2.05) is 51.1 Å². The van der Waals surface area contributed by atoms with Gasteiger partial charge in [-0.3, -0.25) is 9.59 Å². The molecule has 0 saturated heterocycles. The molecule has 5 heteroatoms. The highest BCUT2D eigenvalue weighted by Crippen LogP contribution is 2.20. The zero-order valence-corrected chi connectivity index (χ0v) is 15.4. The van der Waals surface area contributed by atoms with Crippen molar-refractivity contribution in [3.8, 4) is 0 Å². The van der Waals surface area contributed by atoms with Gasteiger partial charge in [-0.05, 0) is 38.5 Å². The van der Waals surface area contributed by atoms with Crippen molar-refractivity contribution in [2.45, 2.75) is 38.8 Å². The highest BCUT2D eigenvalue weighted by Gasteiger charge is 2.22. The van der Waals surface area contributed by atoms with E-state index in [0.29, 0.717) is 10.6 Å². The van der Waals surface area contributed by atoms with Crippen LogP contribution >= 0.6 is 11.6 Å². The van der Waals surface area contributed by atoms with Crippen molar-refractivity contribution in [2.24, 2.45) is 0 Å². The fourth-order valence-electron chi connectivity index (χ4n) is 2.47. The van der Waals surface area contributed by atoms with Crippen molar-refractivity contribution in [3.05, 3.63) is 70.7 Å². The fourth-order valence-corrected chi connectivity index (χ4v) is 2.70. The number of hydrogen-bond donors (Lipinski definition) is 2. The topological polar surface area (TPSA) is 58.2 Å². The first kappa shape index (κ1) is 19.0. The molecule has 2 aromatic carbocycles. The van der Waals surface area contributed by atoms with Crippen molar-refractivity contribution < 1.29 is 9.59 Å². The molecule has 0 radical (unpaired) electrons. The zero-order valence-electron chi connectivity index (χ0n) is 14.7. The van der Waals surface area contributed by atoms with E-state index in [9.17, 15) is 9.59 Å². The molecule has 0 aromatic heterocycles. The van der Waals surface area contributed by atoms with Gasteiger partial charge >= 0.3 is 0 Å². The van der Waals surface area contributed by atoms with Crippen LogP contribution in [0, 0.1) is 0 Å². The summed E-state index contributed by atoms with van der Waals surface area (Å²) in [6, 6.07) is 15.9. The molecule has 25 heavy (non-hydrogen) atoms. The zero-order chi connectivity index (χ0) is 18.4. The Morgan fingerprint density at radius 1 is 1.00 bits per heavy atom. The van der Waals surface area contributed by atoms with Crippen LogP contribution in [0.3, 0.4) is 0 Å². The first-order valence-electron chi connectivity index (χ1n) is 8.17. The highest BCUT2D eigenvalue weighted by atomic mass is 35.5. The lowest BCUT2D eigenvalue weighted by Gasteiger charge is -2.24. The van der Waals surface area contributed by atoms with Gasteiger partial charge in [-0.15, -0.1) is 0 Å². The molecule has 2 aromatic rings. The number of rotatable bonds is 5. The van der Waals surface area contributed by atoms with Crippen LogP contribution in [-0.4, -0.2) is 17.4 Å². The lowest BCUT2D eigenvalue weighted by Crippen LogP contribution is -2.42. The normalized spacial score (nSPS) is 12.3. The molecule has 1 unspecified atom stereocenters. The summed E-state index contributed by atoms with van der Waals surface area (Å²) in [6.07, 6.45) is 0.150. The standard InChI is InChI=1S/C20H23ClN2O2/c1-20(2,3)23-18(24)13-17(14-9-5-4-6-10-14)22-19(25)15-11-7-8-12-16(15)21/h4-12,17H,13H2,1-3H3,(H,22,25)(H,23,24). The van der Waals surface area contributed by atoms with Crippen LogP contribution in [0.15, 0.2) is 54.6 Å². The van der Waals surface area contributed by atoms with Gasteiger partial charge in [0.15, 0.2) is 0 Å². The molecule has 132 valence electrons. The van der Waals surface area contributed by atoms with Crippen LogP contribution in [0.4, 0.5) is 0 Å². The minimum absolute atomic E-state index is 0.124. The molecule has 2 amide bonds. The Kier molecular flexibility index (Phi) is 6.21. The molecule has 4 nitrogen and oxygen atoms in total. The molecule has 0 heterocycles. The quantitative estimate of drug-likeness (QED) is 0.844. The molecule has 2 N–H and O–H groups in total. The molecular formula is C20H23ClN2O2. The van der Waals surface area contributed by atoms with Gasteiger partial charge in [0.1, 0.15) is 0 Å². The summed E-state index contributed by atoms with van der Waals surface area (Å²) in [4.78, 5) is 24.9. The summed E-state index contributed by atoms with van der Waals surface area (Å²) in [6.45, 7) is 5.76. The molecule has 2 rings (SSSR count). The van der Waals surface area contributed by atoms with E-state index in [2.05, 4.69) is 10.6 Å². The summed E-state index contributed by atoms with van der Waals surface area (Å²) < 4.78 is 0. The maximum atomic E-state index is 12.6. The minimum atomic E-state index is -0.438. The maximum Gasteiger partial charge on any atom is 0.253 e. The van der Waals surface area contributed by atoms with Crippen LogP contribution in [0.25, 0.3) is 0 Å². The predicted octanol–water partition coefficient (Wildman–Crippen LogP) is 4.12. The Balaban J connectivity index is 2.19. The van der Waals surface area contributed by atoms with E-state index in [0.717, 1.165) is 5.56 Å². The Labute approximate surface area is 153 Å². The number of hydrogen-bond acceptors (Lipinski definition) is 2. The lowest BCUT2D eigenvalue weighted by atomic mass is 10.0. The largest absolute Gasteiger partial charge is 0.351 e. The van der Waals surface area contributed by atoms with Crippen molar-refractivity contribution >= 4 is 23.4 Å². The summed E-state index contributed by atoms with van der Waals surface area (Å²) in [5, 5.41) is 6.23. The fraction of sp³-hybridized carbons (Fsp3) is 0.300. The lowest BCUT2D eigenvalue weighted by molar-refractivity contribution is -0.122. The number of carbonyl (C=O) groups is 2. The first-order chi connectivity index (χ1) is 11.8. The van der Waals surface area contributed by atoms with Gasteiger partial charge in [0.2, 0.25) is 5.91 Å². The van der Waals surface area contributed by atoms with E-state index in [1.165, 1.54) is 0 Å². The minimum Gasteiger partial charge on any atom is -0.351 e. The third kappa shape index (κ3) is 5.91. The third-order valence-corrected chi connectivity index (χ3v) is 3.86.